The largest absolute Gasteiger partial charge is 0.479 e. The fourth-order valence-electron chi connectivity index (χ4n) is 0.565. The minimum absolute atomic E-state index is 0.0953. The number of thiocarbonyl (C=S) groups is 1. The summed E-state index contributed by atoms with van der Waals surface area (Å²) in [6, 6.07) is 0. The van der Waals surface area contributed by atoms with Crippen molar-refractivity contribution in [3.8, 4) is 0 Å². The van der Waals surface area contributed by atoms with Gasteiger partial charge < -0.3 is 14.6 Å². The number of aliphatic hydroxyl groups excluding tert-OH is 1. The average Bonchev–Trinajstić information content (AvgIpc) is 1.87. The van der Waals surface area contributed by atoms with E-state index in [4.69, 9.17) is 26.8 Å². The van der Waals surface area contributed by atoms with Crippen LogP contribution < -0.4 is 0 Å². The molecule has 0 aromatic carbocycles. The van der Waals surface area contributed by atoms with Gasteiger partial charge in [0, 0.05) is 7.11 Å². The molecule has 11 heavy (non-hydrogen) atoms. The van der Waals surface area contributed by atoms with E-state index in [9.17, 15) is 0 Å². The van der Waals surface area contributed by atoms with Gasteiger partial charge in [-0.25, -0.2) is 0 Å². The van der Waals surface area contributed by atoms with Crippen molar-refractivity contribution >= 4 is 17.3 Å². The smallest absolute Gasteiger partial charge is 0.188 e. The Balaban J connectivity index is 3.57. The quantitative estimate of drug-likeness (QED) is 0.645. The highest BCUT2D eigenvalue weighted by atomic mass is 32.1. The monoisotopic (exact) mass is 178 g/mol. The molecule has 0 amide bonds. The molecule has 66 valence electrons. The van der Waals surface area contributed by atoms with E-state index in [-0.39, 0.29) is 11.2 Å². The predicted molar refractivity (Wildman–Crippen MR) is 46.7 cm³/mol. The van der Waals surface area contributed by atoms with Crippen LogP contribution in [0.4, 0.5) is 0 Å². The Bertz CT molecular complexity index is 125. The van der Waals surface area contributed by atoms with E-state index in [0.717, 1.165) is 0 Å². The Morgan fingerprint density at radius 1 is 1.55 bits per heavy atom. The highest BCUT2D eigenvalue weighted by Gasteiger charge is 2.09. The second kappa shape index (κ2) is 5.46. The molecule has 0 heterocycles. The lowest BCUT2D eigenvalue weighted by Crippen LogP contribution is -2.25. The van der Waals surface area contributed by atoms with Crippen LogP contribution in [0.25, 0.3) is 0 Å². The molecule has 0 rings (SSSR count). The van der Waals surface area contributed by atoms with Gasteiger partial charge in [0.05, 0.1) is 6.61 Å². The van der Waals surface area contributed by atoms with Crippen LogP contribution in [-0.2, 0) is 9.47 Å². The number of ether oxygens (including phenoxy) is 2. The maximum absolute atomic E-state index is 8.93. The maximum Gasteiger partial charge on any atom is 0.188 e. The van der Waals surface area contributed by atoms with Crippen LogP contribution in [0.1, 0.15) is 13.8 Å². The van der Waals surface area contributed by atoms with E-state index in [2.05, 4.69) is 0 Å². The van der Waals surface area contributed by atoms with Crippen molar-refractivity contribution < 1.29 is 14.6 Å². The summed E-state index contributed by atoms with van der Waals surface area (Å²) in [7, 11) is 1.59. The zero-order chi connectivity index (χ0) is 8.85. The zero-order valence-electron chi connectivity index (χ0n) is 7.03. The van der Waals surface area contributed by atoms with Crippen LogP contribution >= 0.6 is 12.2 Å². The highest BCUT2D eigenvalue weighted by Crippen LogP contribution is 1.97. The normalized spacial score (nSPS) is 15.6. The first kappa shape index (κ1) is 10.8. The molecular formula is C7H14O3S. The summed E-state index contributed by atoms with van der Waals surface area (Å²) >= 11 is 4.74. The van der Waals surface area contributed by atoms with E-state index in [1.807, 2.05) is 6.92 Å². The molecule has 0 bridgehead atoms. The molecule has 2 unspecified atom stereocenters. The molecule has 0 aliphatic rings. The van der Waals surface area contributed by atoms with Gasteiger partial charge in [0.1, 0.15) is 12.2 Å². The van der Waals surface area contributed by atoms with Gasteiger partial charge in [0.15, 0.2) is 5.05 Å². The van der Waals surface area contributed by atoms with Crippen LogP contribution in [0.15, 0.2) is 0 Å². The molecule has 0 spiro atoms. The molecule has 0 saturated heterocycles. The molecule has 0 radical (unpaired) electrons. The second-order valence-electron chi connectivity index (χ2n) is 2.38. The van der Waals surface area contributed by atoms with Crippen molar-refractivity contribution in [1.82, 2.24) is 0 Å². The molecule has 3 nitrogen and oxygen atoms in total. The second-order valence-corrected chi connectivity index (χ2v) is 2.78. The van der Waals surface area contributed by atoms with Crippen molar-refractivity contribution in [3.05, 3.63) is 0 Å². The molecule has 2 atom stereocenters. The number of hydrogen-bond donors (Lipinski definition) is 1. The molecule has 0 aromatic heterocycles. The van der Waals surface area contributed by atoms with Crippen molar-refractivity contribution in [3.63, 3.8) is 0 Å². The summed E-state index contributed by atoms with van der Waals surface area (Å²) < 4.78 is 9.93. The van der Waals surface area contributed by atoms with E-state index in [1.54, 1.807) is 14.0 Å². The van der Waals surface area contributed by atoms with E-state index in [1.165, 1.54) is 0 Å². The molecule has 0 aliphatic carbocycles. The summed E-state index contributed by atoms with van der Waals surface area (Å²) in [6.45, 7) is 3.88. The third-order valence-corrected chi connectivity index (χ3v) is 1.50. The first-order chi connectivity index (χ1) is 5.07. The zero-order valence-corrected chi connectivity index (χ0v) is 7.85. The topological polar surface area (TPSA) is 38.7 Å². The van der Waals surface area contributed by atoms with Crippen molar-refractivity contribution in [2.45, 2.75) is 26.1 Å². The fraction of sp³-hybridized carbons (Fsp3) is 0.857. The maximum atomic E-state index is 8.93. The van der Waals surface area contributed by atoms with Crippen molar-refractivity contribution in [2.75, 3.05) is 13.7 Å². The Hall–Kier alpha value is -0.190. The fourth-order valence-corrected chi connectivity index (χ4v) is 0.730. The molecule has 1 N–H and O–H groups in total. The molecule has 0 aromatic rings. The first-order valence-electron chi connectivity index (χ1n) is 3.45. The molecule has 4 heteroatoms. The van der Waals surface area contributed by atoms with Crippen LogP contribution in [0.5, 0.6) is 0 Å². The average molecular weight is 178 g/mol. The van der Waals surface area contributed by atoms with Gasteiger partial charge in [0.25, 0.3) is 0 Å². The van der Waals surface area contributed by atoms with Gasteiger partial charge in [-0.05, 0) is 26.1 Å². The van der Waals surface area contributed by atoms with Crippen LogP contribution in [0.2, 0.25) is 0 Å². The molecule has 0 aliphatic heterocycles. The van der Waals surface area contributed by atoms with E-state index < -0.39 is 6.10 Å². The number of hydrogen-bond acceptors (Lipinski definition) is 4. The minimum Gasteiger partial charge on any atom is -0.479 e. The van der Waals surface area contributed by atoms with Crippen molar-refractivity contribution in [1.29, 1.82) is 0 Å². The number of aliphatic hydroxyl groups is 1. The van der Waals surface area contributed by atoms with Crippen LogP contribution in [-0.4, -0.2) is 36.1 Å². The summed E-state index contributed by atoms with van der Waals surface area (Å²) in [5, 5.41) is 9.15. The third-order valence-electron chi connectivity index (χ3n) is 1.06. The predicted octanol–water partition coefficient (Wildman–Crippen LogP) is 0.746. The van der Waals surface area contributed by atoms with Gasteiger partial charge in [-0.2, -0.15) is 0 Å². The van der Waals surface area contributed by atoms with Gasteiger partial charge in [-0.3, -0.25) is 0 Å². The number of rotatable bonds is 4. The van der Waals surface area contributed by atoms with Crippen LogP contribution in [0.3, 0.4) is 0 Å². The van der Waals surface area contributed by atoms with Crippen molar-refractivity contribution in [2.24, 2.45) is 0 Å². The molecule has 0 saturated carbocycles. The Morgan fingerprint density at radius 3 is 2.45 bits per heavy atom. The highest BCUT2D eigenvalue weighted by molar-refractivity contribution is 7.80. The lowest BCUT2D eigenvalue weighted by atomic mass is 10.4. The first-order valence-corrected chi connectivity index (χ1v) is 3.86. The van der Waals surface area contributed by atoms with Gasteiger partial charge in [-0.15, -0.1) is 0 Å². The molecule has 0 fully saturated rings. The SMILES string of the molecule is COCC(C)OC(=S)C(C)O. The van der Waals surface area contributed by atoms with E-state index >= 15 is 0 Å². The lowest BCUT2D eigenvalue weighted by Gasteiger charge is -2.15. The summed E-state index contributed by atoms with van der Waals surface area (Å²) in [4.78, 5) is 0. The number of methoxy groups -OCH3 is 1. The third kappa shape index (κ3) is 5.12. The van der Waals surface area contributed by atoms with E-state index in [0.29, 0.717) is 6.61 Å². The Kier molecular flexibility index (Phi) is 5.36. The van der Waals surface area contributed by atoms with Gasteiger partial charge in [0.2, 0.25) is 0 Å². The Labute approximate surface area is 72.3 Å². The molecular weight excluding hydrogens is 164 g/mol. The standard InChI is InChI=1S/C7H14O3S/c1-5(4-9-3)10-7(11)6(2)8/h5-6,8H,4H2,1-3H3. The Morgan fingerprint density at radius 2 is 2.09 bits per heavy atom. The van der Waals surface area contributed by atoms with Gasteiger partial charge in [-0.1, -0.05) is 0 Å². The van der Waals surface area contributed by atoms with Crippen LogP contribution in [0, 0.1) is 0 Å². The van der Waals surface area contributed by atoms with Gasteiger partial charge >= 0.3 is 0 Å². The summed E-state index contributed by atoms with van der Waals surface area (Å²) in [5.74, 6) is 0. The lowest BCUT2D eigenvalue weighted by molar-refractivity contribution is 0.0753. The summed E-state index contributed by atoms with van der Waals surface area (Å²) in [5.41, 5.74) is 0. The minimum atomic E-state index is -0.690. The summed E-state index contributed by atoms with van der Waals surface area (Å²) in [6.07, 6.45) is -0.786.